The zero-order valence-corrected chi connectivity index (χ0v) is 13.1. The lowest BCUT2D eigenvalue weighted by atomic mass is 9.93. The van der Waals surface area contributed by atoms with Crippen LogP contribution in [-0.2, 0) is 10.2 Å². The van der Waals surface area contributed by atoms with Crippen LogP contribution in [0.4, 0.5) is 5.13 Å². The Labute approximate surface area is 119 Å². The van der Waals surface area contributed by atoms with Gasteiger partial charge in [0.25, 0.3) is 0 Å². The summed E-state index contributed by atoms with van der Waals surface area (Å²) in [6, 6.07) is 0. The number of rotatable bonds is 6. The summed E-state index contributed by atoms with van der Waals surface area (Å²) in [6.45, 7) is 9.15. The Morgan fingerprint density at radius 3 is 2.68 bits per heavy atom. The molecular formula is C14H25N3OS. The summed E-state index contributed by atoms with van der Waals surface area (Å²) in [5.41, 5.74) is 6.53. The van der Waals surface area contributed by atoms with E-state index < -0.39 is 0 Å². The van der Waals surface area contributed by atoms with E-state index in [0.29, 0.717) is 24.0 Å². The van der Waals surface area contributed by atoms with E-state index >= 15 is 0 Å². The van der Waals surface area contributed by atoms with Crippen LogP contribution in [0.15, 0.2) is 5.38 Å². The lowest BCUT2D eigenvalue weighted by Gasteiger charge is -2.14. The molecule has 0 spiro atoms. The molecule has 1 unspecified atom stereocenters. The minimum absolute atomic E-state index is 0.0229. The van der Waals surface area contributed by atoms with E-state index in [1.54, 1.807) is 0 Å². The van der Waals surface area contributed by atoms with Crippen molar-refractivity contribution in [2.24, 2.45) is 11.7 Å². The molecule has 1 rings (SSSR count). The molecule has 0 fully saturated rings. The number of nitrogens with one attached hydrogen (secondary N) is 1. The average molecular weight is 283 g/mol. The highest BCUT2D eigenvalue weighted by Crippen LogP contribution is 2.26. The molecule has 1 aromatic heterocycles. The fraction of sp³-hybridized carbons (Fsp3) is 0.714. The summed E-state index contributed by atoms with van der Waals surface area (Å²) in [5, 5.41) is 5.57. The number of nitrogens with zero attached hydrogens (tertiary/aromatic N) is 1. The zero-order valence-electron chi connectivity index (χ0n) is 12.3. The van der Waals surface area contributed by atoms with Gasteiger partial charge in [-0.1, -0.05) is 27.7 Å². The maximum Gasteiger partial charge on any atom is 0.226 e. The van der Waals surface area contributed by atoms with Gasteiger partial charge in [0, 0.05) is 17.2 Å². The Morgan fingerprint density at radius 1 is 1.47 bits per heavy atom. The Morgan fingerprint density at radius 2 is 2.16 bits per heavy atom. The van der Waals surface area contributed by atoms with Crippen molar-refractivity contribution in [1.29, 1.82) is 0 Å². The van der Waals surface area contributed by atoms with Crippen molar-refractivity contribution in [3.8, 4) is 0 Å². The van der Waals surface area contributed by atoms with Crippen molar-refractivity contribution < 1.29 is 4.79 Å². The Balaban J connectivity index is 2.42. The predicted molar refractivity (Wildman–Crippen MR) is 81.5 cm³/mol. The molecule has 3 N–H and O–H groups in total. The smallest absolute Gasteiger partial charge is 0.226 e. The van der Waals surface area contributed by atoms with Crippen molar-refractivity contribution in [1.82, 2.24) is 4.98 Å². The second kappa shape index (κ2) is 7.01. The molecule has 1 heterocycles. The maximum atomic E-state index is 11.8. The fourth-order valence-corrected chi connectivity index (χ4v) is 2.62. The van der Waals surface area contributed by atoms with E-state index in [1.807, 2.05) is 5.38 Å². The number of thiazole rings is 1. The van der Waals surface area contributed by atoms with Gasteiger partial charge in [-0.05, 0) is 25.3 Å². The second-order valence-corrected chi connectivity index (χ2v) is 6.92. The molecule has 108 valence electrons. The molecule has 0 aliphatic carbocycles. The Hall–Kier alpha value is -0.940. The molecule has 0 aromatic carbocycles. The summed E-state index contributed by atoms with van der Waals surface area (Å²) < 4.78 is 0. The highest BCUT2D eigenvalue weighted by atomic mass is 32.1. The van der Waals surface area contributed by atoms with E-state index in [9.17, 15) is 4.79 Å². The standard InChI is InChI=1S/C14H25N3OS/c1-10(7-8-15)5-6-12(18)17-13-16-11(9-19-13)14(2,3)4/h9-10H,5-8,15H2,1-4H3,(H,16,17,18). The van der Waals surface area contributed by atoms with Crippen molar-refractivity contribution in [3.05, 3.63) is 11.1 Å². The van der Waals surface area contributed by atoms with Gasteiger partial charge in [-0.25, -0.2) is 4.98 Å². The molecule has 5 heteroatoms. The monoisotopic (exact) mass is 283 g/mol. The van der Waals surface area contributed by atoms with Gasteiger partial charge < -0.3 is 11.1 Å². The minimum atomic E-state index is 0.0229. The van der Waals surface area contributed by atoms with E-state index in [0.717, 1.165) is 18.5 Å². The van der Waals surface area contributed by atoms with E-state index in [2.05, 4.69) is 38.0 Å². The first-order valence-corrected chi connectivity index (χ1v) is 7.67. The summed E-state index contributed by atoms with van der Waals surface area (Å²) in [6.07, 6.45) is 2.38. The number of aromatic nitrogens is 1. The second-order valence-electron chi connectivity index (χ2n) is 6.06. The van der Waals surface area contributed by atoms with Crippen LogP contribution in [0.5, 0.6) is 0 Å². The van der Waals surface area contributed by atoms with Crippen LogP contribution in [0.2, 0.25) is 0 Å². The zero-order chi connectivity index (χ0) is 14.5. The molecule has 1 aromatic rings. The lowest BCUT2D eigenvalue weighted by Crippen LogP contribution is -2.15. The first-order chi connectivity index (χ1) is 8.82. The molecule has 1 atom stereocenters. The van der Waals surface area contributed by atoms with Crippen LogP contribution in [0, 0.1) is 5.92 Å². The van der Waals surface area contributed by atoms with Gasteiger partial charge in [0.2, 0.25) is 5.91 Å². The van der Waals surface area contributed by atoms with Crippen molar-refractivity contribution in [2.75, 3.05) is 11.9 Å². The third-order valence-corrected chi connectivity index (χ3v) is 3.80. The molecule has 1 amide bonds. The number of carbonyl (C=O) groups is 1. The first kappa shape index (κ1) is 16.1. The number of carbonyl (C=O) groups excluding carboxylic acids is 1. The van der Waals surface area contributed by atoms with Gasteiger partial charge in [-0.2, -0.15) is 0 Å². The molecule has 19 heavy (non-hydrogen) atoms. The van der Waals surface area contributed by atoms with Crippen LogP contribution in [0.1, 0.15) is 52.7 Å². The first-order valence-electron chi connectivity index (χ1n) is 6.79. The number of amides is 1. The van der Waals surface area contributed by atoms with Crippen LogP contribution in [0.3, 0.4) is 0 Å². The summed E-state index contributed by atoms with van der Waals surface area (Å²) in [7, 11) is 0. The number of nitrogens with two attached hydrogens (primary N) is 1. The molecule has 0 saturated heterocycles. The van der Waals surface area contributed by atoms with Crippen molar-refractivity contribution in [2.45, 2.75) is 52.4 Å². The van der Waals surface area contributed by atoms with E-state index in [-0.39, 0.29) is 11.3 Å². The Kier molecular flexibility index (Phi) is 5.94. The maximum absolute atomic E-state index is 11.8. The minimum Gasteiger partial charge on any atom is -0.330 e. The van der Waals surface area contributed by atoms with E-state index in [4.69, 9.17) is 5.73 Å². The third kappa shape index (κ3) is 5.70. The van der Waals surface area contributed by atoms with Crippen LogP contribution < -0.4 is 11.1 Å². The number of hydrogen-bond acceptors (Lipinski definition) is 4. The largest absolute Gasteiger partial charge is 0.330 e. The molecule has 0 saturated carbocycles. The number of anilines is 1. The highest BCUT2D eigenvalue weighted by molar-refractivity contribution is 7.13. The van der Waals surface area contributed by atoms with Gasteiger partial charge in [0.1, 0.15) is 0 Å². The van der Waals surface area contributed by atoms with Crippen molar-refractivity contribution >= 4 is 22.4 Å². The van der Waals surface area contributed by atoms with E-state index in [1.165, 1.54) is 11.3 Å². The summed E-state index contributed by atoms with van der Waals surface area (Å²) in [4.78, 5) is 16.3. The Bertz CT molecular complexity index is 409. The topological polar surface area (TPSA) is 68.0 Å². The van der Waals surface area contributed by atoms with Crippen molar-refractivity contribution in [3.63, 3.8) is 0 Å². The summed E-state index contributed by atoms with van der Waals surface area (Å²) in [5.74, 6) is 0.538. The quantitative estimate of drug-likeness (QED) is 0.842. The highest BCUT2D eigenvalue weighted by Gasteiger charge is 2.18. The predicted octanol–water partition coefficient (Wildman–Crippen LogP) is 3.14. The number of hydrogen-bond donors (Lipinski definition) is 2. The van der Waals surface area contributed by atoms with Crippen LogP contribution >= 0.6 is 11.3 Å². The van der Waals surface area contributed by atoms with Gasteiger partial charge in [0.15, 0.2) is 5.13 Å². The van der Waals surface area contributed by atoms with Crippen LogP contribution in [0.25, 0.3) is 0 Å². The molecule has 0 bridgehead atoms. The van der Waals surface area contributed by atoms with Gasteiger partial charge >= 0.3 is 0 Å². The average Bonchev–Trinajstić information content (AvgIpc) is 2.75. The van der Waals surface area contributed by atoms with Gasteiger partial charge in [0.05, 0.1) is 5.69 Å². The normalized spacial score (nSPS) is 13.3. The van der Waals surface area contributed by atoms with Crippen LogP contribution in [-0.4, -0.2) is 17.4 Å². The SMILES string of the molecule is CC(CCN)CCC(=O)Nc1nc(C(C)(C)C)cs1. The third-order valence-electron chi connectivity index (χ3n) is 3.04. The lowest BCUT2D eigenvalue weighted by molar-refractivity contribution is -0.116. The molecule has 0 aliphatic heterocycles. The molecular weight excluding hydrogens is 258 g/mol. The molecule has 0 radical (unpaired) electrons. The summed E-state index contributed by atoms with van der Waals surface area (Å²) >= 11 is 1.49. The van der Waals surface area contributed by atoms with Gasteiger partial charge in [-0.3, -0.25) is 4.79 Å². The van der Waals surface area contributed by atoms with Gasteiger partial charge in [-0.15, -0.1) is 11.3 Å². The molecule has 4 nitrogen and oxygen atoms in total. The molecule has 0 aliphatic rings. The fourth-order valence-electron chi connectivity index (χ4n) is 1.66.